The van der Waals surface area contributed by atoms with E-state index in [2.05, 4.69) is 5.32 Å². The molecule has 7 heteroatoms. The lowest BCUT2D eigenvalue weighted by atomic mass is 9.49. The van der Waals surface area contributed by atoms with Crippen LogP contribution in [0.15, 0.2) is 29.2 Å². The first-order valence-corrected chi connectivity index (χ1v) is 12.7. The molecule has 0 radical (unpaired) electrons. The molecule has 1 amide bonds. The number of benzene rings is 1. The van der Waals surface area contributed by atoms with E-state index in [9.17, 15) is 13.2 Å². The summed E-state index contributed by atoms with van der Waals surface area (Å²) in [5, 5.41) is 3.64. The fraction of sp³-hybridized carbons (Fsp3) is 0.682. The number of sulfonamides is 1. The van der Waals surface area contributed by atoms with Gasteiger partial charge in [0.2, 0.25) is 15.9 Å². The zero-order valence-corrected chi connectivity index (χ0v) is 18.2. The molecule has 1 saturated heterocycles. The van der Waals surface area contributed by atoms with Crippen molar-refractivity contribution < 1.29 is 13.2 Å². The summed E-state index contributed by atoms with van der Waals surface area (Å²) in [7, 11) is -3.53. The highest BCUT2D eigenvalue weighted by Crippen LogP contribution is 2.60. The third-order valence-electron chi connectivity index (χ3n) is 7.75. The number of carbonyl (C=O) groups excluding carboxylic acids is 1. The van der Waals surface area contributed by atoms with E-state index in [-0.39, 0.29) is 22.1 Å². The summed E-state index contributed by atoms with van der Waals surface area (Å²) in [5.41, 5.74) is -0.139. The summed E-state index contributed by atoms with van der Waals surface area (Å²) in [6, 6.07) is 6.42. The molecule has 1 aromatic rings. The standard InChI is InChI=1S/C22H29ClN2O3S/c23-19-2-1-3-20(9-19)29(27,28)25-5-4-15(14-25)13-24-21(26)22-10-16-6-17(11-22)8-18(7-16)12-22/h1-3,9,15-18H,4-8,10-14H2,(H,24,26). The first-order valence-electron chi connectivity index (χ1n) is 10.9. The van der Waals surface area contributed by atoms with Crippen molar-refractivity contribution in [2.75, 3.05) is 19.6 Å². The predicted molar refractivity (Wildman–Crippen MR) is 112 cm³/mol. The molecule has 5 fully saturated rings. The van der Waals surface area contributed by atoms with Crippen molar-refractivity contribution in [3.8, 4) is 0 Å². The summed E-state index contributed by atoms with van der Waals surface area (Å²) >= 11 is 5.97. The number of hydrogen-bond donors (Lipinski definition) is 1. The Hall–Kier alpha value is -1.11. The smallest absolute Gasteiger partial charge is 0.243 e. The number of nitrogens with one attached hydrogen (secondary N) is 1. The van der Waals surface area contributed by atoms with E-state index < -0.39 is 10.0 Å². The highest BCUT2D eigenvalue weighted by atomic mass is 35.5. The molecule has 1 unspecified atom stereocenters. The Labute approximate surface area is 178 Å². The maximum absolute atomic E-state index is 13.1. The molecule has 0 spiro atoms. The molecule has 29 heavy (non-hydrogen) atoms. The Kier molecular flexibility index (Phi) is 4.95. The fourth-order valence-electron chi connectivity index (χ4n) is 6.77. The molecule has 4 saturated carbocycles. The van der Waals surface area contributed by atoms with Gasteiger partial charge in [0.15, 0.2) is 0 Å². The van der Waals surface area contributed by atoms with E-state index in [1.54, 1.807) is 18.2 Å². The molecular weight excluding hydrogens is 408 g/mol. The monoisotopic (exact) mass is 436 g/mol. The highest BCUT2D eigenvalue weighted by molar-refractivity contribution is 7.89. The lowest BCUT2D eigenvalue weighted by molar-refractivity contribution is -0.146. The number of halogens is 1. The van der Waals surface area contributed by atoms with Gasteiger partial charge in [-0.1, -0.05) is 17.7 Å². The molecule has 1 heterocycles. The molecule has 1 aromatic carbocycles. The van der Waals surface area contributed by atoms with Gasteiger partial charge in [0.1, 0.15) is 0 Å². The largest absolute Gasteiger partial charge is 0.355 e. The summed E-state index contributed by atoms with van der Waals surface area (Å²) in [6.07, 6.45) is 7.93. The molecule has 5 nitrogen and oxygen atoms in total. The van der Waals surface area contributed by atoms with Gasteiger partial charge in [0.25, 0.3) is 0 Å². The lowest BCUT2D eigenvalue weighted by Gasteiger charge is -2.55. The average Bonchev–Trinajstić information content (AvgIpc) is 3.15. The van der Waals surface area contributed by atoms with Crippen molar-refractivity contribution in [1.82, 2.24) is 9.62 Å². The predicted octanol–water partition coefficient (Wildman–Crippen LogP) is 3.68. The Morgan fingerprint density at radius 2 is 1.79 bits per heavy atom. The van der Waals surface area contributed by atoms with Crippen molar-refractivity contribution in [1.29, 1.82) is 0 Å². The van der Waals surface area contributed by atoms with Crippen LogP contribution in [0.25, 0.3) is 0 Å². The van der Waals surface area contributed by atoms with Crippen LogP contribution in [-0.4, -0.2) is 38.3 Å². The lowest BCUT2D eigenvalue weighted by Crippen LogP contribution is -2.54. The molecule has 1 aliphatic heterocycles. The number of hydrogen-bond acceptors (Lipinski definition) is 3. The summed E-state index contributed by atoms with van der Waals surface area (Å²) in [6.45, 7) is 1.52. The van der Waals surface area contributed by atoms with Crippen LogP contribution in [0.1, 0.15) is 44.9 Å². The zero-order valence-electron chi connectivity index (χ0n) is 16.6. The van der Waals surface area contributed by atoms with Gasteiger partial charge in [-0.25, -0.2) is 8.42 Å². The van der Waals surface area contributed by atoms with Gasteiger partial charge in [0.05, 0.1) is 4.90 Å². The second-order valence-electron chi connectivity index (χ2n) is 9.88. The van der Waals surface area contributed by atoms with Crippen LogP contribution in [-0.2, 0) is 14.8 Å². The molecule has 1 N–H and O–H groups in total. The maximum atomic E-state index is 13.1. The fourth-order valence-corrected chi connectivity index (χ4v) is 8.60. The molecule has 0 aromatic heterocycles. The number of rotatable bonds is 5. The third-order valence-corrected chi connectivity index (χ3v) is 9.85. The van der Waals surface area contributed by atoms with Crippen molar-refractivity contribution in [3.05, 3.63) is 29.3 Å². The van der Waals surface area contributed by atoms with Crippen LogP contribution in [0, 0.1) is 29.1 Å². The highest BCUT2D eigenvalue weighted by Gasteiger charge is 2.54. The summed E-state index contributed by atoms with van der Waals surface area (Å²) in [4.78, 5) is 13.4. The molecule has 6 rings (SSSR count). The number of amides is 1. The molecule has 1 atom stereocenters. The molecule has 5 aliphatic rings. The van der Waals surface area contributed by atoms with Gasteiger partial charge in [0, 0.05) is 30.1 Å². The van der Waals surface area contributed by atoms with E-state index in [1.807, 2.05) is 0 Å². The second-order valence-corrected chi connectivity index (χ2v) is 12.3. The Bertz CT molecular complexity index is 881. The van der Waals surface area contributed by atoms with Crippen molar-refractivity contribution in [2.24, 2.45) is 29.1 Å². The number of nitrogens with zero attached hydrogens (tertiary/aromatic N) is 1. The van der Waals surface area contributed by atoms with Crippen LogP contribution in [0.5, 0.6) is 0 Å². The minimum atomic E-state index is -3.53. The van der Waals surface area contributed by atoms with E-state index in [0.717, 1.165) is 43.4 Å². The van der Waals surface area contributed by atoms with Crippen molar-refractivity contribution >= 4 is 27.5 Å². The van der Waals surface area contributed by atoms with Crippen LogP contribution >= 0.6 is 11.6 Å². The van der Waals surface area contributed by atoms with Crippen LogP contribution in [0.3, 0.4) is 0 Å². The zero-order chi connectivity index (χ0) is 20.2. The SMILES string of the molecule is O=C(NCC1CCN(S(=O)(=O)c2cccc(Cl)c2)C1)C12CC3CC(CC(C3)C1)C2. The van der Waals surface area contributed by atoms with Crippen LogP contribution in [0.4, 0.5) is 0 Å². The van der Waals surface area contributed by atoms with Crippen LogP contribution < -0.4 is 5.32 Å². The molecular formula is C22H29ClN2O3S. The molecule has 4 bridgehead atoms. The first-order chi connectivity index (χ1) is 13.8. The Morgan fingerprint density at radius 1 is 1.14 bits per heavy atom. The first kappa shape index (κ1) is 19.8. The average molecular weight is 437 g/mol. The van der Waals surface area contributed by atoms with E-state index in [1.165, 1.54) is 29.6 Å². The third kappa shape index (κ3) is 3.61. The summed E-state index contributed by atoms with van der Waals surface area (Å²) in [5.74, 6) is 2.64. The van der Waals surface area contributed by atoms with Crippen LogP contribution in [0.2, 0.25) is 5.02 Å². The van der Waals surface area contributed by atoms with Crippen molar-refractivity contribution in [2.45, 2.75) is 49.8 Å². The van der Waals surface area contributed by atoms with Gasteiger partial charge < -0.3 is 5.32 Å². The maximum Gasteiger partial charge on any atom is 0.243 e. The van der Waals surface area contributed by atoms with E-state index in [0.29, 0.717) is 24.7 Å². The van der Waals surface area contributed by atoms with Gasteiger partial charge in [-0.2, -0.15) is 4.31 Å². The van der Waals surface area contributed by atoms with E-state index >= 15 is 0 Å². The summed E-state index contributed by atoms with van der Waals surface area (Å²) < 4.78 is 27.3. The van der Waals surface area contributed by atoms with Gasteiger partial charge in [-0.15, -0.1) is 0 Å². The van der Waals surface area contributed by atoms with Gasteiger partial charge >= 0.3 is 0 Å². The molecule has 158 valence electrons. The van der Waals surface area contributed by atoms with Gasteiger partial charge in [-0.3, -0.25) is 4.79 Å². The minimum Gasteiger partial charge on any atom is -0.355 e. The minimum absolute atomic E-state index is 0.139. The molecule has 4 aliphatic carbocycles. The topological polar surface area (TPSA) is 66.5 Å². The Morgan fingerprint density at radius 3 is 2.41 bits per heavy atom. The quantitative estimate of drug-likeness (QED) is 0.765. The van der Waals surface area contributed by atoms with E-state index in [4.69, 9.17) is 11.6 Å². The second kappa shape index (κ2) is 7.24. The van der Waals surface area contributed by atoms with Crippen molar-refractivity contribution in [3.63, 3.8) is 0 Å². The van der Waals surface area contributed by atoms with Gasteiger partial charge in [-0.05, 0) is 86.8 Å². The number of carbonyl (C=O) groups is 1. The normalized spacial score (nSPS) is 36.4. The Balaban J connectivity index is 1.19.